The van der Waals surface area contributed by atoms with E-state index >= 15 is 0 Å². The van der Waals surface area contributed by atoms with Gasteiger partial charge in [-0.05, 0) is 27.7 Å². The van der Waals surface area contributed by atoms with E-state index < -0.39 is 11.4 Å². The number of aliphatic carboxylic acids is 1. The fourth-order valence-corrected chi connectivity index (χ4v) is 1.09. The maximum Gasteiger partial charge on any atom is 0.310 e. The van der Waals surface area contributed by atoms with E-state index in [1.807, 2.05) is 13.8 Å². The average Bonchev–Trinajstić information content (AvgIpc) is 2.19. The van der Waals surface area contributed by atoms with Gasteiger partial charge in [-0.3, -0.25) is 9.78 Å². The highest BCUT2D eigenvalue weighted by Gasteiger charge is 2.27. The van der Waals surface area contributed by atoms with Crippen LogP contribution in [-0.2, 0) is 4.79 Å². The van der Waals surface area contributed by atoms with Crippen LogP contribution >= 0.6 is 0 Å². The van der Waals surface area contributed by atoms with E-state index in [4.69, 9.17) is 5.11 Å². The quantitative estimate of drug-likeness (QED) is 0.811. The zero-order valence-electron chi connectivity index (χ0n) is 10.0. The molecule has 0 amide bonds. The summed E-state index contributed by atoms with van der Waals surface area (Å²) < 4.78 is 0. The third-order valence-corrected chi connectivity index (χ3v) is 2.35. The van der Waals surface area contributed by atoms with Crippen molar-refractivity contribution >= 4 is 11.8 Å². The average molecular weight is 223 g/mol. The lowest BCUT2D eigenvalue weighted by molar-refractivity contribution is -0.146. The summed E-state index contributed by atoms with van der Waals surface area (Å²) in [6, 6.07) is 0. The fourth-order valence-electron chi connectivity index (χ4n) is 1.09. The molecule has 0 aliphatic heterocycles. The number of nitrogens with one attached hydrogen (secondary N) is 1. The molecule has 0 atom stereocenters. The van der Waals surface area contributed by atoms with Crippen LogP contribution in [0.25, 0.3) is 0 Å². The van der Waals surface area contributed by atoms with Gasteiger partial charge >= 0.3 is 5.97 Å². The number of carbonyl (C=O) groups is 1. The summed E-state index contributed by atoms with van der Waals surface area (Å²) in [5.74, 6) is -0.187. The van der Waals surface area contributed by atoms with Crippen LogP contribution in [-0.4, -0.2) is 27.6 Å². The Morgan fingerprint density at radius 3 is 2.69 bits per heavy atom. The van der Waals surface area contributed by atoms with Crippen LogP contribution < -0.4 is 5.32 Å². The molecule has 1 heterocycles. The largest absolute Gasteiger partial charge is 0.481 e. The molecular formula is C11H17N3O2. The van der Waals surface area contributed by atoms with Crippen molar-refractivity contribution in [2.75, 3.05) is 11.9 Å². The van der Waals surface area contributed by atoms with Gasteiger partial charge in [0, 0.05) is 12.7 Å². The van der Waals surface area contributed by atoms with Crippen molar-refractivity contribution in [3.05, 3.63) is 17.6 Å². The molecule has 2 N–H and O–H groups in total. The fraction of sp³-hybridized carbons (Fsp3) is 0.545. The van der Waals surface area contributed by atoms with Crippen LogP contribution in [0.4, 0.5) is 5.82 Å². The summed E-state index contributed by atoms with van der Waals surface area (Å²) in [4.78, 5) is 19.3. The lowest BCUT2D eigenvalue weighted by Crippen LogP contribution is -2.32. The second kappa shape index (κ2) is 4.47. The standard InChI is InChI=1S/C11H17N3O2/c1-7-5-12-8(2)9(14-7)13-6-11(3,4)10(15)16/h5H,6H2,1-4H3,(H,13,14)(H,15,16). The maximum absolute atomic E-state index is 10.9. The van der Waals surface area contributed by atoms with Gasteiger partial charge in [-0.25, -0.2) is 4.98 Å². The summed E-state index contributed by atoms with van der Waals surface area (Å²) >= 11 is 0. The van der Waals surface area contributed by atoms with Gasteiger partial charge in [-0.1, -0.05) is 0 Å². The first-order valence-electron chi connectivity index (χ1n) is 5.10. The molecule has 0 spiro atoms. The van der Waals surface area contributed by atoms with Crippen molar-refractivity contribution in [3.63, 3.8) is 0 Å². The number of rotatable bonds is 4. The topological polar surface area (TPSA) is 75.1 Å². The van der Waals surface area contributed by atoms with Crippen molar-refractivity contribution in [1.29, 1.82) is 0 Å². The molecule has 1 aromatic rings. The van der Waals surface area contributed by atoms with Crippen LogP contribution in [0, 0.1) is 19.3 Å². The predicted molar refractivity (Wildman–Crippen MR) is 61.4 cm³/mol. The molecule has 0 bridgehead atoms. The smallest absolute Gasteiger partial charge is 0.310 e. The van der Waals surface area contributed by atoms with Crippen molar-refractivity contribution in [2.45, 2.75) is 27.7 Å². The van der Waals surface area contributed by atoms with Crippen molar-refractivity contribution in [2.24, 2.45) is 5.41 Å². The molecule has 0 aliphatic carbocycles. The Balaban J connectivity index is 2.75. The number of anilines is 1. The number of aromatic nitrogens is 2. The van der Waals surface area contributed by atoms with E-state index in [0.29, 0.717) is 12.4 Å². The van der Waals surface area contributed by atoms with Gasteiger partial charge in [0.05, 0.1) is 16.8 Å². The summed E-state index contributed by atoms with van der Waals surface area (Å²) in [6.45, 7) is 7.34. The van der Waals surface area contributed by atoms with Gasteiger partial charge < -0.3 is 10.4 Å². The Morgan fingerprint density at radius 1 is 1.50 bits per heavy atom. The van der Waals surface area contributed by atoms with Crippen molar-refractivity contribution in [1.82, 2.24) is 9.97 Å². The van der Waals surface area contributed by atoms with Crippen molar-refractivity contribution in [3.8, 4) is 0 Å². The minimum Gasteiger partial charge on any atom is -0.481 e. The van der Waals surface area contributed by atoms with Gasteiger partial charge in [-0.15, -0.1) is 0 Å². The summed E-state index contributed by atoms with van der Waals surface area (Å²) in [6.07, 6.45) is 1.68. The first-order valence-corrected chi connectivity index (χ1v) is 5.10. The molecule has 1 aromatic heterocycles. The Bertz CT molecular complexity index is 402. The van der Waals surface area contributed by atoms with Gasteiger partial charge in [0.1, 0.15) is 5.82 Å². The Hall–Kier alpha value is -1.65. The summed E-state index contributed by atoms with van der Waals surface area (Å²) in [5, 5.41) is 12.0. The maximum atomic E-state index is 10.9. The van der Waals surface area contributed by atoms with Gasteiger partial charge in [0.25, 0.3) is 0 Å². The molecule has 0 saturated carbocycles. The zero-order chi connectivity index (χ0) is 12.3. The number of hydrogen-bond acceptors (Lipinski definition) is 4. The molecule has 0 unspecified atom stereocenters. The minimum absolute atomic E-state index is 0.321. The lowest BCUT2D eigenvalue weighted by Gasteiger charge is -2.20. The van der Waals surface area contributed by atoms with Gasteiger partial charge in [0.2, 0.25) is 0 Å². The molecule has 16 heavy (non-hydrogen) atoms. The lowest BCUT2D eigenvalue weighted by atomic mass is 9.94. The summed E-state index contributed by atoms with van der Waals surface area (Å²) in [5.41, 5.74) is 0.755. The molecule has 0 fully saturated rings. The number of hydrogen-bond donors (Lipinski definition) is 2. The molecular weight excluding hydrogens is 206 g/mol. The van der Waals surface area contributed by atoms with E-state index in [9.17, 15) is 4.79 Å². The van der Waals surface area contributed by atoms with Crippen LogP contribution in [0.3, 0.4) is 0 Å². The summed E-state index contributed by atoms with van der Waals surface area (Å²) in [7, 11) is 0. The van der Waals surface area contributed by atoms with E-state index in [2.05, 4.69) is 15.3 Å². The first-order chi connectivity index (χ1) is 7.33. The number of aryl methyl sites for hydroxylation is 2. The number of nitrogens with zero attached hydrogens (tertiary/aromatic N) is 2. The molecule has 0 aromatic carbocycles. The number of carboxylic acid groups (broad SMARTS) is 1. The van der Waals surface area contributed by atoms with Gasteiger partial charge in [-0.2, -0.15) is 0 Å². The zero-order valence-corrected chi connectivity index (χ0v) is 10.0. The second-order valence-corrected chi connectivity index (χ2v) is 4.49. The predicted octanol–water partition coefficient (Wildman–Crippen LogP) is 1.62. The third kappa shape index (κ3) is 2.92. The normalized spacial score (nSPS) is 11.2. The van der Waals surface area contributed by atoms with E-state index in [1.54, 1.807) is 20.0 Å². The third-order valence-electron chi connectivity index (χ3n) is 2.35. The molecule has 5 nitrogen and oxygen atoms in total. The number of carboxylic acids is 1. The van der Waals surface area contributed by atoms with Crippen LogP contribution in [0.2, 0.25) is 0 Å². The molecule has 88 valence electrons. The molecule has 0 radical (unpaired) electrons. The Morgan fingerprint density at radius 2 is 2.12 bits per heavy atom. The van der Waals surface area contributed by atoms with Crippen LogP contribution in [0.15, 0.2) is 6.20 Å². The molecule has 1 rings (SSSR count). The van der Waals surface area contributed by atoms with E-state index in [1.165, 1.54) is 0 Å². The minimum atomic E-state index is -0.835. The highest BCUT2D eigenvalue weighted by atomic mass is 16.4. The second-order valence-electron chi connectivity index (χ2n) is 4.49. The SMILES string of the molecule is Cc1cnc(C)c(NCC(C)(C)C(=O)O)n1. The van der Waals surface area contributed by atoms with E-state index in [-0.39, 0.29) is 0 Å². The van der Waals surface area contributed by atoms with E-state index in [0.717, 1.165) is 11.4 Å². The van der Waals surface area contributed by atoms with Crippen molar-refractivity contribution < 1.29 is 9.90 Å². The van der Waals surface area contributed by atoms with Gasteiger partial charge in [0.15, 0.2) is 0 Å². The Kier molecular flexibility index (Phi) is 3.47. The molecule has 0 aliphatic rings. The first kappa shape index (κ1) is 12.4. The Labute approximate surface area is 94.9 Å². The monoisotopic (exact) mass is 223 g/mol. The molecule has 0 saturated heterocycles. The highest BCUT2D eigenvalue weighted by molar-refractivity contribution is 5.74. The molecule has 5 heteroatoms. The van der Waals surface area contributed by atoms with Crippen LogP contribution in [0.5, 0.6) is 0 Å². The van der Waals surface area contributed by atoms with Crippen LogP contribution in [0.1, 0.15) is 25.2 Å². The highest BCUT2D eigenvalue weighted by Crippen LogP contribution is 2.17.